The second-order valence-electron chi connectivity index (χ2n) is 6.43. The molecule has 130 valence electrons. The molecule has 1 aromatic rings. The molecule has 2 aliphatic heterocycles. The monoisotopic (exact) mass is 332 g/mol. The van der Waals surface area contributed by atoms with E-state index in [0.717, 1.165) is 25.8 Å². The fourth-order valence-electron chi connectivity index (χ4n) is 3.58. The third kappa shape index (κ3) is 3.38. The number of aliphatic hydroxyl groups is 1. The lowest BCUT2D eigenvalue weighted by atomic mass is 10.0. The Morgan fingerprint density at radius 2 is 2.04 bits per heavy atom. The Hall–Kier alpha value is -2.08. The van der Waals surface area contributed by atoms with Gasteiger partial charge in [-0.05, 0) is 37.0 Å². The maximum atomic E-state index is 12.5. The van der Waals surface area contributed by atoms with Crippen LogP contribution in [0.15, 0.2) is 24.3 Å². The normalized spacial score (nSPS) is 20.3. The number of nitrogens with zero attached hydrogens (tertiary/aromatic N) is 2. The number of rotatable bonds is 4. The predicted octanol–water partition coefficient (Wildman–Crippen LogP) is 1.34. The summed E-state index contributed by atoms with van der Waals surface area (Å²) in [4.78, 5) is 28.0. The maximum absolute atomic E-state index is 12.5. The number of likely N-dealkylation sites (tertiary alicyclic amines) is 2. The topological polar surface area (TPSA) is 70.1 Å². The van der Waals surface area contributed by atoms with Crippen LogP contribution in [0.5, 0.6) is 5.75 Å². The van der Waals surface area contributed by atoms with Crippen LogP contribution < -0.4 is 4.74 Å². The van der Waals surface area contributed by atoms with E-state index in [1.165, 1.54) is 0 Å². The summed E-state index contributed by atoms with van der Waals surface area (Å²) in [6.45, 7) is 1.99. The van der Waals surface area contributed by atoms with E-state index in [0.29, 0.717) is 30.8 Å². The molecule has 0 bridgehead atoms. The first-order chi connectivity index (χ1) is 11.6. The molecule has 2 fully saturated rings. The predicted molar refractivity (Wildman–Crippen MR) is 88.5 cm³/mol. The highest BCUT2D eigenvalue weighted by Gasteiger charge is 2.33. The van der Waals surface area contributed by atoms with Gasteiger partial charge in [0.2, 0.25) is 5.91 Å². The average Bonchev–Trinajstić information content (AvgIpc) is 3.06. The molecule has 6 nitrogen and oxygen atoms in total. The fourth-order valence-corrected chi connectivity index (χ4v) is 3.58. The average molecular weight is 332 g/mol. The van der Waals surface area contributed by atoms with Crippen molar-refractivity contribution in [2.75, 3.05) is 26.7 Å². The van der Waals surface area contributed by atoms with Crippen molar-refractivity contribution in [1.82, 2.24) is 9.80 Å². The van der Waals surface area contributed by atoms with E-state index in [1.807, 2.05) is 4.90 Å². The van der Waals surface area contributed by atoms with Gasteiger partial charge in [0, 0.05) is 32.1 Å². The van der Waals surface area contributed by atoms with Gasteiger partial charge in [0.05, 0.1) is 7.11 Å². The first-order valence-electron chi connectivity index (χ1n) is 8.50. The molecule has 1 N–H and O–H groups in total. The van der Waals surface area contributed by atoms with E-state index in [9.17, 15) is 14.7 Å². The molecule has 0 aromatic heterocycles. The fraction of sp³-hybridized carbons (Fsp3) is 0.556. The SMILES string of the molecule is COc1cccc(C(O)C(=O)N2CCC(N3CCCC3=O)CC2)c1. The summed E-state index contributed by atoms with van der Waals surface area (Å²) in [6, 6.07) is 7.17. The zero-order valence-corrected chi connectivity index (χ0v) is 14.0. The van der Waals surface area contributed by atoms with Gasteiger partial charge in [0.1, 0.15) is 5.75 Å². The largest absolute Gasteiger partial charge is 0.497 e. The molecule has 0 radical (unpaired) electrons. The molecule has 1 atom stereocenters. The van der Waals surface area contributed by atoms with Gasteiger partial charge in [-0.25, -0.2) is 0 Å². The van der Waals surface area contributed by atoms with Gasteiger partial charge >= 0.3 is 0 Å². The number of hydrogen-bond acceptors (Lipinski definition) is 4. The number of aliphatic hydroxyl groups excluding tert-OH is 1. The third-order valence-corrected chi connectivity index (χ3v) is 4.97. The molecule has 3 rings (SSSR count). The van der Waals surface area contributed by atoms with Gasteiger partial charge in [0.15, 0.2) is 6.10 Å². The van der Waals surface area contributed by atoms with Crippen LogP contribution in [0.4, 0.5) is 0 Å². The Labute approximate surface area is 142 Å². The molecule has 1 aromatic carbocycles. The Balaban J connectivity index is 1.59. The molecule has 2 saturated heterocycles. The van der Waals surface area contributed by atoms with E-state index in [1.54, 1.807) is 36.3 Å². The number of carbonyl (C=O) groups is 2. The van der Waals surface area contributed by atoms with Gasteiger partial charge in [-0.15, -0.1) is 0 Å². The van der Waals surface area contributed by atoms with E-state index < -0.39 is 6.10 Å². The molecule has 0 saturated carbocycles. The van der Waals surface area contributed by atoms with Crippen molar-refractivity contribution in [2.45, 2.75) is 37.8 Å². The minimum Gasteiger partial charge on any atom is -0.497 e. The standard InChI is InChI=1S/C18H24N2O4/c1-24-15-5-2-4-13(12-15)17(22)18(23)19-10-7-14(8-11-19)20-9-3-6-16(20)21/h2,4-5,12,14,17,22H,3,6-11H2,1H3. The zero-order chi connectivity index (χ0) is 17.1. The summed E-state index contributed by atoms with van der Waals surface area (Å²) >= 11 is 0. The van der Waals surface area contributed by atoms with Crippen LogP contribution in [0, 0.1) is 0 Å². The van der Waals surface area contributed by atoms with Crippen molar-refractivity contribution in [3.63, 3.8) is 0 Å². The zero-order valence-electron chi connectivity index (χ0n) is 14.0. The number of carbonyl (C=O) groups excluding carboxylic acids is 2. The summed E-state index contributed by atoms with van der Waals surface area (Å²) in [6.07, 6.45) is 1.97. The van der Waals surface area contributed by atoms with E-state index in [2.05, 4.69) is 0 Å². The van der Waals surface area contributed by atoms with Gasteiger partial charge in [-0.3, -0.25) is 9.59 Å². The summed E-state index contributed by atoms with van der Waals surface area (Å²) in [5.74, 6) is 0.566. The molecule has 2 aliphatic rings. The van der Waals surface area contributed by atoms with Crippen molar-refractivity contribution in [3.05, 3.63) is 29.8 Å². The highest BCUT2D eigenvalue weighted by atomic mass is 16.5. The number of amides is 2. The van der Waals surface area contributed by atoms with Crippen LogP contribution in [-0.2, 0) is 9.59 Å². The molecule has 2 amide bonds. The number of benzene rings is 1. The third-order valence-electron chi connectivity index (χ3n) is 4.97. The summed E-state index contributed by atoms with van der Waals surface area (Å²) in [5.41, 5.74) is 0.538. The van der Waals surface area contributed by atoms with Crippen molar-refractivity contribution < 1.29 is 19.4 Å². The van der Waals surface area contributed by atoms with E-state index in [4.69, 9.17) is 4.74 Å². The van der Waals surface area contributed by atoms with Crippen LogP contribution in [-0.4, -0.2) is 59.5 Å². The Kier molecular flexibility index (Phi) is 5.04. The van der Waals surface area contributed by atoms with Crippen LogP contribution in [0.25, 0.3) is 0 Å². The van der Waals surface area contributed by atoms with Gasteiger partial charge in [0.25, 0.3) is 5.91 Å². The molecular weight excluding hydrogens is 308 g/mol. The lowest BCUT2D eigenvalue weighted by Crippen LogP contribution is -2.48. The van der Waals surface area contributed by atoms with Gasteiger partial charge in [-0.2, -0.15) is 0 Å². The number of ether oxygens (including phenoxy) is 1. The number of hydrogen-bond donors (Lipinski definition) is 1. The maximum Gasteiger partial charge on any atom is 0.256 e. The molecule has 24 heavy (non-hydrogen) atoms. The molecule has 1 unspecified atom stereocenters. The first kappa shape index (κ1) is 16.8. The quantitative estimate of drug-likeness (QED) is 0.903. The lowest BCUT2D eigenvalue weighted by Gasteiger charge is -2.37. The van der Waals surface area contributed by atoms with Gasteiger partial charge in [-0.1, -0.05) is 12.1 Å². The van der Waals surface area contributed by atoms with Crippen LogP contribution in [0.3, 0.4) is 0 Å². The second kappa shape index (κ2) is 7.21. The first-order valence-corrected chi connectivity index (χ1v) is 8.50. The summed E-state index contributed by atoms with van der Waals surface area (Å²) in [7, 11) is 1.55. The molecule has 6 heteroatoms. The summed E-state index contributed by atoms with van der Waals surface area (Å²) < 4.78 is 5.14. The lowest BCUT2D eigenvalue weighted by molar-refractivity contribution is -0.142. The van der Waals surface area contributed by atoms with Crippen LogP contribution in [0.2, 0.25) is 0 Å². The minimum atomic E-state index is -1.18. The van der Waals surface area contributed by atoms with Crippen molar-refractivity contribution in [3.8, 4) is 5.75 Å². The number of piperidine rings is 1. The molecule has 0 aliphatic carbocycles. The van der Waals surface area contributed by atoms with Crippen molar-refractivity contribution in [2.24, 2.45) is 0 Å². The Morgan fingerprint density at radius 3 is 2.67 bits per heavy atom. The highest BCUT2D eigenvalue weighted by Crippen LogP contribution is 2.25. The van der Waals surface area contributed by atoms with Crippen molar-refractivity contribution >= 4 is 11.8 Å². The molecular formula is C18H24N2O4. The van der Waals surface area contributed by atoms with E-state index in [-0.39, 0.29) is 17.9 Å². The van der Waals surface area contributed by atoms with Crippen LogP contribution in [0.1, 0.15) is 37.4 Å². The van der Waals surface area contributed by atoms with E-state index >= 15 is 0 Å². The van der Waals surface area contributed by atoms with Crippen molar-refractivity contribution in [1.29, 1.82) is 0 Å². The smallest absolute Gasteiger partial charge is 0.256 e. The Bertz CT molecular complexity index is 611. The second-order valence-corrected chi connectivity index (χ2v) is 6.43. The molecule has 0 spiro atoms. The number of methoxy groups -OCH3 is 1. The van der Waals surface area contributed by atoms with Gasteiger partial charge < -0.3 is 19.6 Å². The minimum absolute atomic E-state index is 0.233. The van der Waals surface area contributed by atoms with Crippen LogP contribution >= 0.6 is 0 Å². The Morgan fingerprint density at radius 1 is 1.29 bits per heavy atom. The summed E-state index contributed by atoms with van der Waals surface area (Å²) in [5, 5.41) is 10.4. The highest BCUT2D eigenvalue weighted by molar-refractivity contribution is 5.82. The molecule has 2 heterocycles.